The monoisotopic (exact) mass is 201 g/mol. The van der Waals surface area contributed by atoms with E-state index in [9.17, 15) is 4.79 Å². The lowest BCUT2D eigenvalue weighted by molar-refractivity contribution is -0.124. The van der Waals surface area contributed by atoms with Crippen molar-refractivity contribution in [1.29, 1.82) is 5.26 Å². The fraction of sp³-hybridized carbons (Fsp3) is 0.364. The Morgan fingerprint density at radius 3 is 2.93 bits per heavy atom. The molecule has 0 radical (unpaired) electrons. The first-order valence-corrected chi connectivity index (χ1v) is 4.86. The molecule has 4 heteroatoms. The smallest absolute Gasteiger partial charge is 0.240 e. The summed E-state index contributed by atoms with van der Waals surface area (Å²) in [7, 11) is 0. The molecule has 1 heterocycles. The van der Waals surface area contributed by atoms with Gasteiger partial charge in [-0.2, -0.15) is 5.26 Å². The highest BCUT2D eigenvalue weighted by Gasteiger charge is 2.50. The van der Waals surface area contributed by atoms with Gasteiger partial charge in [0.1, 0.15) is 5.41 Å². The maximum absolute atomic E-state index is 11.6. The summed E-state index contributed by atoms with van der Waals surface area (Å²) in [6.45, 7) is 0.392. The third-order valence-electron chi connectivity index (χ3n) is 2.55. The van der Waals surface area contributed by atoms with E-state index < -0.39 is 5.41 Å². The molecule has 1 aromatic heterocycles. The van der Waals surface area contributed by atoms with E-state index in [1.807, 2.05) is 18.2 Å². The van der Waals surface area contributed by atoms with Crippen LogP contribution in [0.5, 0.6) is 0 Å². The number of amides is 1. The summed E-state index contributed by atoms with van der Waals surface area (Å²) < 4.78 is 0. The first kappa shape index (κ1) is 9.66. The maximum Gasteiger partial charge on any atom is 0.240 e. The molecule has 0 unspecified atom stereocenters. The minimum Gasteiger partial charge on any atom is -0.349 e. The average Bonchev–Trinajstić information content (AvgIpc) is 3.08. The number of rotatable bonds is 3. The van der Waals surface area contributed by atoms with Crippen LogP contribution in [-0.2, 0) is 11.3 Å². The lowest BCUT2D eigenvalue weighted by Crippen LogP contribution is -2.30. The molecule has 0 spiro atoms. The molecular weight excluding hydrogens is 190 g/mol. The summed E-state index contributed by atoms with van der Waals surface area (Å²) in [6, 6.07) is 7.58. The zero-order valence-corrected chi connectivity index (χ0v) is 8.23. The second kappa shape index (κ2) is 3.70. The van der Waals surface area contributed by atoms with Gasteiger partial charge in [0.25, 0.3) is 0 Å². The SMILES string of the molecule is N#CC1(C(=O)NCc2ccccn2)CC1. The van der Waals surface area contributed by atoms with Crippen molar-refractivity contribution in [2.24, 2.45) is 5.41 Å². The Bertz CT molecular complexity index is 404. The topological polar surface area (TPSA) is 65.8 Å². The molecule has 0 aromatic carbocycles. The van der Waals surface area contributed by atoms with Crippen LogP contribution in [0.2, 0.25) is 0 Å². The van der Waals surface area contributed by atoms with Gasteiger partial charge < -0.3 is 5.32 Å². The second-order valence-corrected chi connectivity index (χ2v) is 3.70. The Hall–Kier alpha value is -1.89. The molecule has 0 saturated heterocycles. The average molecular weight is 201 g/mol. The van der Waals surface area contributed by atoms with E-state index in [1.54, 1.807) is 6.20 Å². The summed E-state index contributed by atoms with van der Waals surface area (Å²) in [5.41, 5.74) is 0.0639. The molecule has 0 atom stereocenters. The van der Waals surface area contributed by atoms with Crippen molar-refractivity contribution < 1.29 is 4.79 Å². The zero-order chi connectivity index (χ0) is 10.7. The molecule has 1 saturated carbocycles. The van der Waals surface area contributed by atoms with Crippen LogP contribution < -0.4 is 5.32 Å². The molecule has 4 nitrogen and oxygen atoms in total. The van der Waals surface area contributed by atoms with E-state index in [-0.39, 0.29) is 5.91 Å². The van der Waals surface area contributed by atoms with E-state index in [4.69, 9.17) is 5.26 Å². The van der Waals surface area contributed by atoms with Crippen LogP contribution in [0, 0.1) is 16.7 Å². The lowest BCUT2D eigenvalue weighted by Gasteiger charge is -2.07. The predicted octanol–water partition coefficient (Wildman–Crippen LogP) is 1.00. The molecule has 0 bridgehead atoms. The molecule has 0 aliphatic heterocycles. The van der Waals surface area contributed by atoms with Gasteiger partial charge >= 0.3 is 0 Å². The Morgan fingerprint density at radius 1 is 1.60 bits per heavy atom. The Morgan fingerprint density at radius 2 is 2.40 bits per heavy atom. The van der Waals surface area contributed by atoms with Gasteiger partial charge in [0.05, 0.1) is 18.3 Å². The minimum atomic E-state index is -0.741. The first-order chi connectivity index (χ1) is 7.27. The predicted molar refractivity (Wildman–Crippen MR) is 53.4 cm³/mol. The minimum absolute atomic E-state index is 0.171. The summed E-state index contributed by atoms with van der Waals surface area (Å²) in [6.07, 6.45) is 3.04. The van der Waals surface area contributed by atoms with E-state index in [2.05, 4.69) is 16.4 Å². The van der Waals surface area contributed by atoms with Crippen LogP contribution in [0.4, 0.5) is 0 Å². The first-order valence-electron chi connectivity index (χ1n) is 4.86. The second-order valence-electron chi connectivity index (χ2n) is 3.70. The molecule has 1 amide bonds. The number of nitrogens with one attached hydrogen (secondary N) is 1. The third-order valence-corrected chi connectivity index (χ3v) is 2.55. The highest BCUT2D eigenvalue weighted by Crippen LogP contribution is 2.44. The van der Waals surface area contributed by atoms with E-state index >= 15 is 0 Å². The lowest BCUT2D eigenvalue weighted by atomic mass is 10.1. The quantitative estimate of drug-likeness (QED) is 0.793. The van der Waals surface area contributed by atoms with Crippen molar-refractivity contribution in [2.75, 3.05) is 0 Å². The van der Waals surface area contributed by atoms with Gasteiger partial charge in [-0.25, -0.2) is 0 Å². The van der Waals surface area contributed by atoms with Crippen molar-refractivity contribution in [2.45, 2.75) is 19.4 Å². The molecule has 2 rings (SSSR count). The maximum atomic E-state index is 11.6. The summed E-state index contributed by atoms with van der Waals surface area (Å²) in [5.74, 6) is -0.171. The van der Waals surface area contributed by atoms with E-state index in [0.29, 0.717) is 19.4 Å². The summed E-state index contributed by atoms with van der Waals surface area (Å²) in [4.78, 5) is 15.7. The van der Waals surface area contributed by atoms with Gasteiger partial charge in [0.15, 0.2) is 0 Å². The number of pyridine rings is 1. The van der Waals surface area contributed by atoms with E-state index in [1.165, 1.54) is 0 Å². The fourth-order valence-corrected chi connectivity index (χ4v) is 1.36. The largest absolute Gasteiger partial charge is 0.349 e. The van der Waals surface area contributed by atoms with Gasteiger partial charge in [-0.15, -0.1) is 0 Å². The number of nitrogens with zero attached hydrogens (tertiary/aromatic N) is 2. The summed E-state index contributed by atoms with van der Waals surface area (Å²) in [5, 5.41) is 11.5. The van der Waals surface area contributed by atoms with Crippen LogP contribution in [0.1, 0.15) is 18.5 Å². The Kier molecular flexibility index (Phi) is 2.38. The Labute approximate surface area is 87.9 Å². The molecule has 1 fully saturated rings. The molecule has 15 heavy (non-hydrogen) atoms. The van der Waals surface area contributed by atoms with Gasteiger partial charge in [-0.1, -0.05) is 6.07 Å². The van der Waals surface area contributed by atoms with Gasteiger partial charge in [0.2, 0.25) is 5.91 Å². The van der Waals surface area contributed by atoms with Crippen LogP contribution in [0.25, 0.3) is 0 Å². The molecular formula is C11H11N3O. The molecule has 1 N–H and O–H groups in total. The van der Waals surface area contributed by atoms with E-state index in [0.717, 1.165) is 5.69 Å². The normalized spacial score (nSPS) is 16.5. The van der Waals surface area contributed by atoms with Crippen molar-refractivity contribution in [1.82, 2.24) is 10.3 Å². The van der Waals surface area contributed by atoms with Gasteiger partial charge in [-0.3, -0.25) is 9.78 Å². The fourth-order valence-electron chi connectivity index (χ4n) is 1.36. The van der Waals surface area contributed by atoms with Gasteiger partial charge in [0, 0.05) is 6.20 Å². The number of aromatic nitrogens is 1. The summed E-state index contributed by atoms with van der Waals surface area (Å²) >= 11 is 0. The molecule has 1 aliphatic carbocycles. The third kappa shape index (κ3) is 1.96. The number of carbonyl (C=O) groups is 1. The van der Waals surface area contributed by atoms with Crippen molar-refractivity contribution in [3.8, 4) is 6.07 Å². The highest BCUT2D eigenvalue weighted by atomic mass is 16.2. The van der Waals surface area contributed by atoms with Crippen LogP contribution in [-0.4, -0.2) is 10.9 Å². The van der Waals surface area contributed by atoms with Crippen molar-refractivity contribution >= 4 is 5.91 Å². The zero-order valence-electron chi connectivity index (χ0n) is 8.23. The highest BCUT2D eigenvalue weighted by molar-refractivity contribution is 5.88. The number of nitriles is 1. The van der Waals surface area contributed by atoms with Crippen LogP contribution >= 0.6 is 0 Å². The molecule has 76 valence electrons. The molecule has 1 aliphatic rings. The number of carbonyl (C=O) groups excluding carboxylic acids is 1. The number of hydrogen-bond donors (Lipinski definition) is 1. The Balaban J connectivity index is 1.90. The van der Waals surface area contributed by atoms with Crippen molar-refractivity contribution in [3.63, 3.8) is 0 Å². The van der Waals surface area contributed by atoms with Crippen molar-refractivity contribution in [3.05, 3.63) is 30.1 Å². The van der Waals surface area contributed by atoms with Gasteiger partial charge in [-0.05, 0) is 25.0 Å². The van der Waals surface area contributed by atoms with Crippen LogP contribution in [0.15, 0.2) is 24.4 Å². The number of hydrogen-bond acceptors (Lipinski definition) is 3. The van der Waals surface area contributed by atoms with Crippen LogP contribution in [0.3, 0.4) is 0 Å². The standard InChI is InChI=1S/C11H11N3O/c12-8-11(4-5-11)10(15)14-7-9-3-1-2-6-13-9/h1-3,6H,4-5,7H2,(H,14,15). The molecule has 1 aromatic rings.